The zero-order chi connectivity index (χ0) is 25.8. The molecule has 1 aromatic heterocycles. The van der Waals surface area contributed by atoms with Gasteiger partial charge in [0.1, 0.15) is 5.82 Å². The van der Waals surface area contributed by atoms with Gasteiger partial charge in [-0.25, -0.2) is 4.98 Å². The second-order valence-corrected chi connectivity index (χ2v) is 10.8. The van der Waals surface area contributed by atoms with Crippen LogP contribution in [0.15, 0.2) is 109 Å². The van der Waals surface area contributed by atoms with E-state index in [2.05, 4.69) is 136 Å². The van der Waals surface area contributed by atoms with Crippen molar-refractivity contribution >= 4 is 0 Å². The van der Waals surface area contributed by atoms with Crippen LogP contribution in [-0.4, -0.2) is 9.55 Å². The van der Waals surface area contributed by atoms with Crippen LogP contribution in [0.3, 0.4) is 0 Å². The monoisotopic (exact) mass is 484 g/mol. The Morgan fingerprint density at radius 1 is 0.568 bits per heavy atom. The number of benzene rings is 4. The maximum absolute atomic E-state index is 4.88. The lowest BCUT2D eigenvalue weighted by Crippen LogP contribution is -2.10. The fourth-order valence-corrected chi connectivity index (χ4v) is 5.22. The second kappa shape index (κ2) is 11.0. The summed E-state index contributed by atoms with van der Waals surface area (Å²) in [5.74, 6) is 2.08. The SMILES string of the molecule is CC(C)Cc1cc(-c2ccccc2)cc(CC(C)C)c1-n1ccnc1-c1cccc(-c2ccccc2)c1. The Kier molecular flexibility index (Phi) is 7.37. The van der Waals surface area contributed by atoms with Crippen molar-refractivity contribution in [3.63, 3.8) is 0 Å². The number of rotatable bonds is 8. The minimum Gasteiger partial charge on any atom is -0.299 e. The standard InChI is InChI=1S/C35H36N2/c1-25(2)20-32-23-31(28-14-9-6-10-15-28)24-33(21-26(3)4)34(32)37-19-18-36-35(37)30-17-11-16-29(22-30)27-12-7-5-8-13-27/h5-19,22-26H,20-21H2,1-4H3. The lowest BCUT2D eigenvalue weighted by Gasteiger charge is -2.22. The molecule has 37 heavy (non-hydrogen) atoms. The zero-order valence-electron chi connectivity index (χ0n) is 22.4. The van der Waals surface area contributed by atoms with E-state index in [0.29, 0.717) is 11.8 Å². The van der Waals surface area contributed by atoms with Gasteiger partial charge < -0.3 is 0 Å². The Morgan fingerprint density at radius 2 is 1.08 bits per heavy atom. The Bertz CT molecular complexity index is 1430. The summed E-state index contributed by atoms with van der Waals surface area (Å²) in [6.45, 7) is 9.22. The van der Waals surface area contributed by atoms with Crippen LogP contribution in [0.2, 0.25) is 0 Å². The first-order valence-electron chi connectivity index (χ1n) is 13.4. The van der Waals surface area contributed by atoms with Gasteiger partial charge in [0, 0.05) is 18.0 Å². The van der Waals surface area contributed by atoms with Gasteiger partial charge in [-0.2, -0.15) is 0 Å². The van der Waals surface area contributed by atoms with E-state index in [9.17, 15) is 0 Å². The van der Waals surface area contributed by atoms with Crippen molar-refractivity contribution in [1.29, 1.82) is 0 Å². The van der Waals surface area contributed by atoms with Crippen molar-refractivity contribution in [3.8, 4) is 39.3 Å². The van der Waals surface area contributed by atoms with Gasteiger partial charge in [-0.15, -0.1) is 0 Å². The smallest absolute Gasteiger partial charge is 0.144 e. The summed E-state index contributed by atoms with van der Waals surface area (Å²) in [6.07, 6.45) is 6.11. The van der Waals surface area contributed by atoms with Crippen LogP contribution in [0.1, 0.15) is 38.8 Å². The number of imidazole rings is 1. The third kappa shape index (κ3) is 5.59. The molecule has 0 atom stereocenters. The summed E-state index contributed by atoms with van der Waals surface area (Å²) in [5, 5.41) is 0. The predicted octanol–water partition coefficient (Wildman–Crippen LogP) is 9.27. The Hall–Kier alpha value is -3.91. The van der Waals surface area contributed by atoms with Crippen LogP contribution >= 0.6 is 0 Å². The van der Waals surface area contributed by atoms with Crippen molar-refractivity contribution in [3.05, 3.63) is 121 Å². The van der Waals surface area contributed by atoms with E-state index in [1.54, 1.807) is 0 Å². The van der Waals surface area contributed by atoms with E-state index in [4.69, 9.17) is 4.98 Å². The highest BCUT2D eigenvalue weighted by Gasteiger charge is 2.19. The van der Waals surface area contributed by atoms with Crippen molar-refractivity contribution in [2.75, 3.05) is 0 Å². The first-order chi connectivity index (χ1) is 18.0. The van der Waals surface area contributed by atoms with E-state index < -0.39 is 0 Å². The summed E-state index contributed by atoms with van der Waals surface area (Å²) < 4.78 is 2.33. The Morgan fingerprint density at radius 3 is 1.65 bits per heavy atom. The van der Waals surface area contributed by atoms with E-state index in [-0.39, 0.29) is 0 Å². The minimum atomic E-state index is 0.546. The first kappa shape index (κ1) is 24.8. The molecule has 0 aliphatic heterocycles. The molecular formula is C35H36N2. The van der Waals surface area contributed by atoms with Gasteiger partial charge in [-0.1, -0.05) is 107 Å². The summed E-state index contributed by atoms with van der Waals surface area (Å²) in [5.41, 5.74) is 10.2. The normalized spacial score (nSPS) is 11.4. The molecule has 0 radical (unpaired) electrons. The lowest BCUT2D eigenvalue weighted by atomic mass is 9.90. The molecule has 0 aliphatic carbocycles. The molecular weight excluding hydrogens is 448 g/mol. The topological polar surface area (TPSA) is 17.8 Å². The van der Waals surface area contributed by atoms with Crippen LogP contribution in [0.25, 0.3) is 39.3 Å². The number of aromatic nitrogens is 2. The molecule has 1 heterocycles. The van der Waals surface area contributed by atoms with Crippen molar-refractivity contribution < 1.29 is 0 Å². The van der Waals surface area contributed by atoms with Crippen molar-refractivity contribution in [2.45, 2.75) is 40.5 Å². The number of hydrogen-bond acceptors (Lipinski definition) is 1. The maximum Gasteiger partial charge on any atom is 0.144 e. The fraction of sp³-hybridized carbons (Fsp3) is 0.229. The largest absolute Gasteiger partial charge is 0.299 e. The molecule has 2 nitrogen and oxygen atoms in total. The van der Waals surface area contributed by atoms with E-state index in [0.717, 1.165) is 24.2 Å². The average molecular weight is 485 g/mol. The predicted molar refractivity (Wildman–Crippen MR) is 157 cm³/mol. The minimum absolute atomic E-state index is 0.546. The zero-order valence-corrected chi connectivity index (χ0v) is 22.4. The molecule has 0 fully saturated rings. The van der Waals surface area contributed by atoms with Crippen molar-refractivity contribution in [1.82, 2.24) is 9.55 Å². The number of nitrogens with zero attached hydrogens (tertiary/aromatic N) is 2. The second-order valence-electron chi connectivity index (χ2n) is 10.8. The van der Waals surface area contributed by atoms with E-state index in [1.807, 2.05) is 6.20 Å². The van der Waals surface area contributed by atoms with E-state index in [1.165, 1.54) is 39.1 Å². The lowest BCUT2D eigenvalue weighted by molar-refractivity contribution is 0.631. The van der Waals surface area contributed by atoms with Crippen LogP contribution in [0, 0.1) is 11.8 Å². The average Bonchev–Trinajstić information content (AvgIpc) is 3.38. The summed E-state index contributed by atoms with van der Waals surface area (Å²) in [7, 11) is 0. The Labute approximate surface area is 221 Å². The first-order valence-corrected chi connectivity index (χ1v) is 13.4. The van der Waals surface area contributed by atoms with Gasteiger partial charge in [-0.05, 0) is 76.3 Å². The molecule has 5 rings (SSSR count). The Balaban J connectivity index is 1.69. The molecule has 0 aliphatic rings. The quantitative estimate of drug-likeness (QED) is 0.214. The molecule has 0 spiro atoms. The molecule has 0 unspecified atom stereocenters. The molecule has 0 N–H and O–H groups in total. The number of hydrogen-bond donors (Lipinski definition) is 0. The molecule has 5 aromatic rings. The maximum atomic E-state index is 4.88. The van der Waals surface area contributed by atoms with Crippen LogP contribution in [0.5, 0.6) is 0 Å². The highest BCUT2D eigenvalue weighted by atomic mass is 15.1. The van der Waals surface area contributed by atoms with Crippen LogP contribution < -0.4 is 0 Å². The van der Waals surface area contributed by atoms with Gasteiger partial charge in [0.05, 0.1) is 5.69 Å². The van der Waals surface area contributed by atoms with Crippen LogP contribution in [-0.2, 0) is 12.8 Å². The molecule has 2 heteroatoms. The molecule has 4 aromatic carbocycles. The summed E-state index contributed by atoms with van der Waals surface area (Å²) >= 11 is 0. The highest BCUT2D eigenvalue weighted by Crippen LogP contribution is 2.34. The highest BCUT2D eigenvalue weighted by molar-refractivity contribution is 5.73. The van der Waals surface area contributed by atoms with Crippen molar-refractivity contribution in [2.24, 2.45) is 11.8 Å². The molecule has 186 valence electrons. The summed E-state index contributed by atoms with van der Waals surface area (Å²) in [4.78, 5) is 4.88. The van der Waals surface area contributed by atoms with Gasteiger partial charge >= 0.3 is 0 Å². The molecule has 0 saturated carbocycles. The van der Waals surface area contributed by atoms with Gasteiger partial charge in [0.2, 0.25) is 0 Å². The third-order valence-electron chi connectivity index (χ3n) is 6.74. The molecule has 0 bridgehead atoms. The third-order valence-corrected chi connectivity index (χ3v) is 6.74. The molecule has 0 amide bonds. The molecule has 0 saturated heterocycles. The van der Waals surface area contributed by atoms with Gasteiger partial charge in [0.15, 0.2) is 0 Å². The van der Waals surface area contributed by atoms with Gasteiger partial charge in [-0.3, -0.25) is 4.57 Å². The van der Waals surface area contributed by atoms with Gasteiger partial charge in [0.25, 0.3) is 0 Å². The van der Waals surface area contributed by atoms with E-state index >= 15 is 0 Å². The summed E-state index contributed by atoms with van der Waals surface area (Å²) in [6, 6.07) is 34.9. The van der Waals surface area contributed by atoms with Crippen LogP contribution in [0.4, 0.5) is 0 Å². The fourth-order valence-electron chi connectivity index (χ4n) is 5.22.